The minimum absolute atomic E-state index is 0.174. The van der Waals surface area contributed by atoms with Crippen molar-refractivity contribution >= 4 is 17.9 Å². The molecule has 0 aromatic heterocycles. The second kappa shape index (κ2) is 50.8. The number of esters is 2. The molecule has 0 amide bonds. The number of carboxylic acids is 1. The van der Waals surface area contributed by atoms with Crippen molar-refractivity contribution in [2.75, 3.05) is 47.5 Å². The summed E-state index contributed by atoms with van der Waals surface area (Å²) in [6.07, 6.45) is 63.9. The standard InChI is InChI=1S/C60H103NO8/c1-6-8-10-12-14-16-18-20-22-24-25-26-27-28-29-30-31-32-33-35-36-38-40-42-44-46-48-50-57(62)67-54-56(55-68-60(59(64)65)66-53-52-61(3,4)5)69-58(63)51-49-47-45-43-41-39-37-34-23-21-19-17-15-13-11-9-7-2/h9,11,15,17-18,20-21,23-25,37,39,43,45,56,60H,6-8,10,12-14,16,19,22,26-36,38,40-42,44,46-55H2,1-5H3/p+1/b11-9-,17-15-,20-18-,23-21-,25-24-,39-37-,45-43-. The summed E-state index contributed by atoms with van der Waals surface area (Å²) in [7, 11) is 5.94. The third-order valence-electron chi connectivity index (χ3n) is 11.6. The van der Waals surface area contributed by atoms with Crippen molar-refractivity contribution in [3.05, 3.63) is 85.1 Å². The number of carbonyl (C=O) groups excluding carboxylic acids is 2. The summed E-state index contributed by atoms with van der Waals surface area (Å²) in [4.78, 5) is 37.3. The lowest BCUT2D eigenvalue weighted by atomic mass is 10.0. The van der Waals surface area contributed by atoms with Gasteiger partial charge in [-0.25, -0.2) is 4.79 Å². The Hall–Kier alpha value is -3.53. The first kappa shape index (κ1) is 65.5. The molecular formula is C60H104NO8+. The van der Waals surface area contributed by atoms with Gasteiger partial charge in [-0.15, -0.1) is 0 Å². The largest absolute Gasteiger partial charge is 0.477 e. The molecule has 0 aromatic rings. The molecule has 396 valence electrons. The van der Waals surface area contributed by atoms with Crippen LogP contribution in [0.25, 0.3) is 0 Å². The molecule has 0 aliphatic rings. The molecule has 0 saturated carbocycles. The highest BCUT2D eigenvalue weighted by molar-refractivity contribution is 5.71. The topological polar surface area (TPSA) is 108 Å². The minimum Gasteiger partial charge on any atom is -0.477 e. The van der Waals surface area contributed by atoms with Crippen molar-refractivity contribution < 1.29 is 42.9 Å². The molecule has 0 heterocycles. The molecule has 0 aliphatic carbocycles. The van der Waals surface area contributed by atoms with Gasteiger partial charge < -0.3 is 28.5 Å². The van der Waals surface area contributed by atoms with E-state index in [2.05, 4.69) is 98.9 Å². The number of quaternary nitrogens is 1. The van der Waals surface area contributed by atoms with Crippen molar-refractivity contribution in [1.29, 1.82) is 0 Å². The molecule has 1 N–H and O–H groups in total. The predicted molar refractivity (Wildman–Crippen MR) is 290 cm³/mol. The van der Waals surface area contributed by atoms with Gasteiger partial charge >= 0.3 is 17.9 Å². The van der Waals surface area contributed by atoms with E-state index in [1.165, 1.54) is 122 Å². The van der Waals surface area contributed by atoms with Crippen LogP contribution in [0.15, 0.2) is 85.1 Å². The van der Waals surface area contributed by atoms with E-state index in [0.29, 0.717) is 17.4 Å². The van der Waals surface area contributed by atoms with Gasteiger partial charge in [0.15, 0.2) is 6.10 Å². The smallest absolute Gasteiger partial charge is 0.361 e. The Labute approximate surface area is 423 Å². The van der Waals surface area contributed by atoms with Crippen molar-refractivity contribution in [2.24, 2.45) is 0 Å². The molecule has 0 rings (SSSR count). The molecular weight excluding hydrogens is 863 g/mol. The van der Waals surface area contributed by atoms with E-state index in [1.807, 2.05) is 21.1 Å². The van der Waals surface area contributed by atoms with Crippen LogP contribution in [0.1, 0.15) is 219 Å². The molecule has 0 aromatic carbocycles. The van der Waals surface area contributed by atoms with Crippen LogP contribution in [-0.2, 0) is 33.3 Å². The van der Waals surface area contributed by atoms with Crippen LogP contribution >= 0.6 is 0 Å². The number of hydrogen-bond acceptors (Lipinski definition) is 7. The van der Waals surface area contributed by atoms with Gasteiger partial charge in [0, 0.05) is 12.8 Å². The van der Waals surface area contributed by atoms with E-state index in [0.717, 1.165) is 64.2 Å². The summed E-state index contributed by atoms with van der Waals surface area (Å²) < 4.78 is 22.8. The Bertz CT molecular complexity index is 1400. The summed E-state index contributed by atoms with van der Waals surface area (Å²) in [5.74, 6) is -2.09. The van der Waals surface area contributed by atoms with Crippen LogP contribution in [0, 0.1) is 0 Å². The first-order valence-corrected chi connectivity index (χ1v) is 27.8. The number of rotatable bonds is 50. The number of ether oxygens (including phenoxy) is 4. The fraction of sp³-hybridized carbons (Fsp3) is 0.717. The molecule has 0 fully saturated rings. The van der Waals surface area contributed by atoms with Crippen LogP contribution < -0.4 is 0 Å². The van der Waals surface area contributed by atoms with Crippen LogP contribution in [0.2, 0.25) is 0 Å². The van der Waals surface area contributed by atoms with Crippen LogP contribution in [0.5, 0.6) is 0 Å². The summed E-state index contributed by atoms with van der Waals surface area (Å²) in [5, 5.41) is 9.68. The van der Waals surface area contributed by atoms with Crippen molar-refractivity contribution in [1.82, 2.24) is 0 Å². The lowest BCUT2D eigenvalue weighted by molar-refractivity contribution is -0.870. The second-order valence-electron chi connectivity index (χ2n) is 19.5. The zero-order valence-corrected chi connectivity index (χ0v) is 44.9. The van der Waals surface area contributed by atoms with E-state index in [4.69, 9.17) is 18.9 Å². The van der Waals surface area contributed by atoms with Crippen molar-refractivity contribution in [3.63, 3.8) is 0 Å². The number of allylic oxidation sites excluding steroid dienone is 14. The quantitative estimate of drug-likeness (QED) is 0.0211. The van der Waals surface area contributed by atoms with Gasteiger partial charge in [-0.2, -0.15) is 0 Å². The van der Waals surface area contributed by atoms with Crippen LogP contribution in [-0.4, -0.2) is 87.4 Å². The summed E-state index contributed by atoms with van der Waals surface area (Å²) in [5.41, 5.74) is 0. The summed E-state index contributed by atoms with van der Waals surface area (Å²) >= 11 is 0. The number of hydrogen-bond donors (Lipinski definition) is 1. The predicted octanol–water partition coefficient (Wildman–Crippen LogP) is 16.0. The maximum absolute atomic E-state index is 12.8. The Morgan fingerprint density at radius 2 is 0.841 bits per heavy atom. The molecule has 0 saturated heterocycles. The van der Waals surface area contributed by atoms with Gasteiger partial charge in [0.05, 0.1) is 34.4 Å². The van der Waals surface area contributed by atoms with E-state index < -0.39 is 24.3 Å². The molecule has 0 spiro atoms. The number of unbranched alkanes of at least 4 members (excludes halogenated alkanes) is 21. The van der Waals surface area contributed by atoms with Gasteiger partial charge in [0.25, 0.3) is 6.29 Å². The van der Waals surface area contributed by atoms with Gasteiger partial charge in [0.1, 0.15) is 13.2 Å². The molecule has 0 bridgehead atoms. The third kappa shape index (κ3) is 52.1. The Balaban J connectivity index is 4.28. The fourth-order valence-corrected chi connectivity index (χ4v) is 7.37. The van der Waals surface area contributed by atoms with Crippen molar-refractivity contribution in [2.45, 2.75) is 232 Å². The molecule has 2 unspecified atom stereocenters. The number of carboxylic acid groups (broad SMARTS) is 1. The van der Waals surface area contributed by atoms with Gasteiger partial charge in [0.2, 0.25) is 0 Å². The SMILES string of the molecule is CC/C=C\C/C=C\C/C=C\C/C=C\C/C=C\CCCC(=O)OC(COC(=O)CCCCCCCCCCCCCCCCC/C=C\C/C=C\CCCCCCC)COC(OCC[N+](C)(C)C)C(=O)O. The molecule has 9 heteroatoms. The first-order valence-electron chi connectivity index (χ1n) is 27.8. The van der Waals surface area contributed by atoms with Gasteiger partial charge in [-0.3, -0.25) is 9.59 Å². The normalized spacial score (nSPS) is 13.5. The maximum Gasteiger partial charge on any atom is 0.361 e. The highest BCUT2D eigenvalue weighted by atomic mass is 16.7. The highest BCUT2D eigenvalue weighted by Crippen LogP contribution is 2.15. The maximum atomic E-state index is 12.8. The monoisotopic (exact) mass is 967 g/mol. The Morgan fingerprint density at radius 1 is 0.449 bits per heavy atom. The number of nitrogens with zero attached hydrogens (tertiary/aromatic N) is 1. The number of likely N-dealkylation sites (N-methyl/N-ethyl adjacent to an activating group) is 1. The zero-order chi connectivity index (χ0) is 50.6. The lowest BCUT2D eigenvalue weighted by Crippen LogP contribution is -2.40. The molecule has 69 heavy (non-hydrogen) atoms. The number of aliphatic carboxylic acids is 1. The summed E-state index contributed by atoms with van der Waals surface area (Å²) in [6.45, 7) is 4.68. The van der Waals surface area contributed by atoms with Gasteiger partial charge in [-0.05, 0) is 83.5 Å². The number of carbonyl (C=O) groups is 3. The highest BCUT2D eigenvalue weighted by Gasteiger charge is 2.25. The van der Waals surface area contributed by atoms with Crippen molar-refractivity contribution in [3.8, 4) is 0 Å². The van der Waals surface area contributed by atoms with E-state index in [9.17, 15) is 19.5 Å². The second-order valence-corrected chi connectivity index (χ2v) is 19.5. The average Bonchev–Trinajstić information content (AvgIpc) is 3.31. The van der Waals surface area contributed by atoms with E-state index in [-0.39, 0.29) is 38.6 Å². The van der Waals surface area contributed by atoms with E-state index >= 15 is 0 Å². The molecule has 0 radical (unpaired) electrons. The first-order chi connectivity index (χ1) is 33.6. The summed E-state index contributed by atoms with van der Waals surface area (Å²) in [6, 6.07) is 0. The average molecular weight is 967 g/mol. The van der Waals surface area contributed by atoms with Gasteiger partial charge in [-0.1, -0.05) is 208 Å². The van der Waals surface area contributed by atoms with Crippen LogP contribution in [0.4, 0.5) is 0 Å². The zero-order valence-electron chi connectivity index (χ0n) is 44.9. The Morgan fingerprint density at radius 3 is 1.28 bits per heavy atom. The molecule has 2 atom stereocenters. The molecule has 0 aliphatic heterocycles. The lowest BCUT2D eigenvalue weighted by Gasteiger charge is -2.25. The third-order valence-corrected chi connectivity index (χ3v) is 11.6. The van der Waals surface area contributed by atoms with E-state index in [1.54, 1.807) is 0 Å². The minimum atomic E-state index is -1.53. The van der Waals surface area contributed by atoms with Crippen LogP contribution in [0.3, 0.4) is 0 Å². The fourth-order valence-electron chi connectivity index (χ4n) is 7.37. The Kier molecular flexibility index (Phi) is 48.2. The molecule has 9 nitrogen and oxygen atoms in total.